The fourth-order valence-corrected chi connectivity index (χ4v) is 2.25. The van der Waals surface area contributed by atoms with Gasteiger partial charge >= 0.3 is 0 Å². The molecule has 0 spiro atoms. The summed E-state index contributed by atoms with van der Waals surface area (Å²) in [6.07, 6.45) is 1.70. The van der Waals surface area contributed by atoms with Crippen LogP contribution < -0.4 is 0 Å². The summed E-state index contributed by atoms with van der Waals surface area (Å²) >= 11 is 6.05. The van der Waals surface area contributed by atoms with E-state index in [1.165, 1.54) is 12.1 Å². The van der Waals surface area contributed by atoms with Crippen molar-refractivity contribution in [2.24, 2.45) is 0 Å². The van der Waals surface area contributed by atoms with Gasteiger partial charge in [0.05, 0.1) is 22.7 Å². The summed E-state index contributed by atoms with van der Waals surface area (Å²) in [6.45, 7) is 0.460. The molecule has 2 heterocycles. The van der Waals surface area contributed by atoms with Crippen molar-refractivity contribution in [3.05, 3.63) is 63.6 Å². The van der Waals surface area contributed by atoms with Crippen LogP contribution in [0.1, 0.15) is 5.69 Å². The Morgan fingerprint density at radius 1 is 1.30 bits per heavy atom. The highest BCUT2D eigenvalue weighted by atomic mass is 35.5. The molecule has 3 aromatic rings. The second-order valence-electron chi connectivity index (χ2n) is 4.23. The highest BCUT2D eigenvalue weighted by Gasteiger charge is 2.14. The zero-order valence-electron chi connectivity index (χ0n) is 10.2. The van der Waals surface area contributed by atoms with E-state index < -0.39 is 4.92 Å². The lowest BCUT2D eigenvalue weighted by Gasteiger charge is -2.02. The Bertz CT molecular complexity index is 786. The maximum absolute atomic E-state index is 10.8. The third-order valence-corrected chi connectivity index (χ3v) is 3.22. The van der Waals surface area contributed by atoms with E-state index in [0.717, 1.165) is 11.2 Å². The van der Waals surface area contributed by atoms with E-state index in [1.807, 2.05) is 18.2 Å². The fourth-order valence-electron chi connectivity index (χ4n) is 2.01. The van der Waals surface area contributed by atoms with Crippen LogP contribution in [0.2, 0.25) is 5.15 Å². The van der Waals surface area contributed by atoms with Crippen molar-refractivity contribution in [2.75, 3.05) is 0 Å². The van der Waals surface area contributed by atoms with Crippen molar-refractivity contribution in [1.82, 2.24) is 14.8 Å². The quantitative estimate of drug-likeness (QED) is 0.548. The molecule has 0 bridgehead atoms. The SMILES string of the molecule is O=[N+]([O-])c1ccc2c(c1)c(Cl)nn2Cc1ccccn1. The monoisotopic (exact) mass is 288 g/mol. The summed E-state index contributed by atoms with van der Waals surface area (Å²) in [5.74, 6) is 0. The summed E-state index contributed by atoms with van der Waals surface area (Å²) in [4.78, 5) is 14.6. The van der Waals surface area contributed by atoms with Crippen LogP contribution in [-0.2, 0) is 6.54 Å². The molecule has 0 N–H and O–H groups in total. The molecule has 0 unspecified atom stereocenters. The lowest BCUT2D eigenvalue weighted by molar-refractivity contribution is -0.384. The number of fused-ring (bicyclic) bond motifs is 1. The van der Waals surface area contributed by atoms with Gasteiger partial charge in [0, 0.05) is 23.7 Å². The van der Waals surface area contributed by atoms with Gasteiger partial charge in [0.25, 0.3) is 5.69 Å². The third-order valence-electron chi connectivity index (χ3n) is 2.94. The summed E-state index contributed by atoms with van der Waals surface area (Å²) in [5, 5.41) is 15.8. The number of nitro groups is 1. The summed E-state index contributed by atoms with van der Waals surface area (Å²) in [5.41, 5.74) is 1.58. The number of pyridine rings is 1. The van der Waals surface area contributed by atoms with E-state index in [-0.39, 0.29) is 10.8 Å². The first kappa shape index (κ1) is 12.6. The van der Waals surface area contributed by atoms with E-state index in [0.29, 0.717) is 11.9 Å². The second-order valence-corrected chi connectivity index (χ2v) is 4.59. The van der Waals surface area contributed by atoms with Gasteiger partial charge in [-0.3, -0.25) is 19.8 Å². The van der Waals surface area contributed by atoms with E-state index in [1.54, 1.807) is 16.9 Å². The predicted octanol–water partition coefficient (Wildman–Crippen LogP) is 3.04. The van der Waals surface area contributed by atoms with Gasteiger partial charge in [-0.2, -0.15) is 5.10 Å². The zero-order valence-corrected chi connectivity index (χ0v) is 11.0. The number of halogens is 1. The van der Waals surface area contributed by atoms with Gasteiger partial charge < -0.3 is 0 Å². The maximum Gasteiger partial charge on any atom is 0.270 e. The second kappa shape index (κ2) is 4.90. The maximum atomic E-state index is 10.8. The number of non-ortho nitro benzene ring substituents is 1. The van der Waals surface area contributed by atoms with Gasteiger partial charge in [-0.05, 0) is 18.2 Å². The Morgan fingerprint density at radius 2 is 2.15 bits per heavy atom. The van der Waals surface area contributed by atoms with Crippen LogP contribution in [-0.4, -0.2) is 19.7 Å². The molecule has 0 saturated carbocycles. The van der Waals surface area contributed by atoms with Gasteiger partial charge in [0.1, 0.15) is 0 Å². The largest absolute Gasteiger partial charge is 0.270 e. The van der Waals surface area contributed by atoms with E-state index in [2.05, 4.69) is 10.1 Å². The lowest BCUT2D eigenvalue weighted by atomic mass is 10.2. The van der Waals surface area contributed by atoms with Crippen molar-refractivity contribution in [1.29, 1.82) is 0 Å². The Balaban J connectivity index is 2.07. The molecule has 0 fully saturated rings. The molecular weight excluding hydrogens is 280 g/mol. The number of rotatable bonds is 3. The summed E-state index contributed by atoms with van der Waals surface area (Å²) < 4.78 is 1.68. The molecule has 20 heavy (non-hydrogen) atoms. The third kappa shape index (κ3) is 2.21. The van der Waals surface area contributed by atoms with Crippen LogP contribution in [0.4, 0.5) is 5.69 Å². The van der Waals surface area contributed by atoms with Crippen LogP contribution >= 0.6 is 11.6 Å². The first-order valence-electron chi connectivity index (χ1n) is 5.85. The van der Waals surface area contributed by atoms with Gasteiger partial charge in [-0.25, -0.2) is 0 Å². The minimum Gasteiger partial charge on any atom is -0.259 e. The Kier molecular flexibility index (Phi) is 3.08. The van der Waals surface area contributed by atoms with Crippen LogP contribution in [0.15, 0.2) is 42.6 Å². The van der Waals surface area contributed by atoms with Gasteiger partial charge in [-0.15, -0.1) is 0 Å². The van der Waals surface area contributed by atoms with Crippen LogP contribution in [0.25, 0.3) is 10.9 Å². The smallest absolute Gasteiger partial charge is 0.259 e. The average Bonchev–Trinajstić information content (AvgIpc) is 2.76. The molecule has 0 amide bonds. The standard InChI is InChI=1S/C13H9ClN4O2/c14-13-11-7-10(18(19)20)4-5-12(11)17(16-13)8-9-3-1-2-6-15-9/h1-7H,8H2. The molecule has 0 saturated heterocycles. The molecule has 0 aliphatic carbocycles. The molecule has 0 radical (unpaired) electrons. The number of nitrogens with zero attached hydrogens (tertiary/aromatic N) is 4. The highest BCUT2D eigenvalue weighted by molar-refractivity contribution is 6.34. The number of aromatic nitrogens is 3. The number of nitro benzene ring substituents is 1. The zero-order chi connectivity index (χ0) is 14.1. The Labute approximate surface area is 118 Å². The molecule has 1 aromatic carbocycles. The molecule has 100 valence electrons. The average molecular weight is 289 g/mol. The molecule has 0 aliphatic heterocycles. The summed E-state index contributed by atoms with van der Waals surface area (Å²) in [7, 11) is 0. The summed E-state index contributed by atoms with van der Waals surface area (Å²) in [6, 6.07) is 10.1. The molecular formula is C13H9ClN4O2. The van der Waals surface area contributed by atoms with Crippen molar-refractivity contribution >= 4 is 28.2 Å². The lowest BCUT2D eigenvalue weighted by Crippen LogP contribution is -2.03. The molecule has 0 atom stereocenters. The van der Waals surface area contributed by atoms with Crippen molar-refractivity contribution in [3.8, 4) is 0 Å². The van der Waals surface area contributed by atoms with Gasteiger partial charge in [-0.1, -0.05) is 17.7 Å². The molecule has 7 heteroatoms. The van der Waals surface area contributed by atoms with Crippen molar-refractivity contribution in [2.45, 2.75) is 6.54 Å². The Morgan fingerprint density at radius 3 is 2.85 bits per heavy atom. The first-order valence-corrected chi connectivity index (χ1v) is 6.23. The minimum atomic E-state index is -0.453. The molecule has 0 aliphatic rings. The molecule has 2 aromatic heterocycles. The highest BCUT2D eigenvalue weighted by Crippen LogP contribution is 2.27. The number of hydrogen-bond acceptors (Lipinski definition) is 4. The van der Waals surface area contributed by atoms with Crippen LogP contribution in [0.5, 0.6) is 0 Å². The Hall–Kier alpha value is -2.47. The minimum absolute atomic E-state index is 0.00298. The van der Waals surface area contributed by atoms with Crippen molar-refractivity contribution < 1.29 is 4.92 Å². The van der Waals surface area contributed by atoms with Crippen molar-refractivity contribution in [3.63, 3.8) is 0 Å². The number of hydrogen-bond donors (Lipinski definition) is 0. The van der Waals surface area contributed by atoms with Gasteiger partial charge in [0.15, 0.2) is 5.15 Å². The van der Waals surface area contributed by atoms with E-state index in [4.69, 9.17) is 11.6 Å². The van der Waals surface area contributed by atoms with Crippen LogP contribution in [0, 0.1) is 10.1 Å². The van der Waals surface area contributed by atoms with E-state index in [9.17, 15) is 10.1 Å². The van der Waals surface area contributed by atoms with Gasteiger partial charge in [0.2, 0.25) is 0 Å². The number of benzene rings is 1. The van der Waals surface area contributed by atoms with E-state index >= 15 is 0 Å². The first-order chi connectivity index (χ1) is 9.65. The molecule has 6 nitrogen and oxygen atoms in total. The fraction of sp³-hybridized carbons (Fsp3) is 0.0769. The normalized spacial score (nSPS) is 10.8. The molecule has 3 rings (SSSR count). The van der Waals surface area contributed by atoms with Crippen LogP contribution in [0.3, 0.4) is 0 Å². The predicted molar refractivity (Wildman–Crippen MR) is 74.7 cm³/mol. The topological polar surface area (TPSA) is 73.8 Å².